The maximum atomic E-state index is 11.8. The number of aromatic nitrogens is 2. The number of H-pyrrole nitrogens is 1. The first kappa shape index (κ1) is 14.8. The molecule has 0 spiro atoms. The van der Waals surface area contributed by atoms with Gasteiger partial charge in [-0.25, -0.2) is 0 Å². The third kappa shape index (κ3) is 2.90. The molecule has 1 aromatic heterocycles. The number of amides is 1. The highest BCUT2D eigenvalue weighted by molar-refractivity contribution is 5.80. The molecule has 0 saturated carbocycles. The van der Waals surface area contributed by atoms with Gasteiger partial charge in [0.25, 0.3) is 5.91 Å². The van der Waals surface area contributed by atoms with Gasteiger partial charge >= 0.3 is 0 Å². The second kappa shape index (κ2) is 6.32. The van der Waals surface area contributed by atoms with Crippen LogP contribution in [0.4, 0.5) is 0 Å². The zero-order valence-corrected chi connectivity index (χ0v) is 12.7. The predicted molar refractivity (Wildman–Crippen MR) is 84.3 cm³/mol. The van der Waals surface area contributed by atoms with E-state index in [-0.39, 0.29) is 5.91 Å². The van der Waals surface area contributed by atoms with Crippen molar-refractivity contribution in [3.63, 3.8) is 0 Å². The lowest BCUT2D eigenvalue weighted by atomic mass is 9.89. The molecule has 2 aromatic rings. The molecule has 116 valence electrons. The van der Waals surface area contributed by atoms with Crippen molar-refractivity contribution in [3.8, 4) is 11.1 Å². The molecule has 2 heterocycles. The molecular weight excluding hydrogens is 278 g/mol. The highest BCUT2D eigenvalue weighted by Gasteiger charge is 2.28. The molecule has 22 heavy (non-hydrogen) atoms. The summed E-state index contributed by atoms with van der Waals surface area (Å²) in [5.41, 5.74) is 3.45. The summed E-state index contributed by atoms with van der Waals surface area (Å²) in [5, 5.41) is 16.8. The molecule has 0 radical (unpaired) electrons. The molecule has 3 rings (SSSR count). The fourth-order valence-electron chi connectivity index (χ4n) is 3.11. The van der Waals surface area contributed by atoms with Crippen LogP contribution >= 0.6 is 0 Å². The Bertz CT molecular complexity index is 628. The van der Waals surface area contributed by atoms with E-state index in [0.29, 0.717) is 19.0 Å². The van der Waals surface area contributed by atoms with Gasteiger partial charge in [-0.15, -0.1) is 0 Å². The summed E-state index contributed by atoms with van der Waals surface area (Å²) in [6.07, 6.45) is 2.74. The SMILES string of the molecule is C[C@H](O)C(=O)N1CCC(c2[nH]ncc2-c2ccccc2)CC1. The number of hydrogen-bond donors (Lipinski definition) is 2. The molecule has 1 aromatic carbocycles. The van der Waals surface area contributed by atoms with Crippen molar-refractivity contribution in [2.45, 2.75) is 31.8 Å². The lowest BCUT2D eigenvalue weighted by Crippen LogP contribution is -2.42. The number of carbonyl (C=O) groups is 1. The second-order valence-corrected chi connectivity index (χ2v) is 5.84. The summed E-state index contributed by atoms with van der Waals surface area (Å²) in [4.78, 5) is 13.6. The van der Waals surface area contributed by atoms with Crippen molar-refractivity contribution in [3.05, 3.63) is 42.2 Å². The number of hydrogen-bond acceptors (Lipinski definition) is 3. The molecular formula is C17H21N3O2. The maximum absolute atomic E-state index is 11.8. The number of benzene rings is 1. The molecule has 0 unspecified atom stereocenters. The Hall–Kier alpha value is -2.14. The molecule has 2 N–H and O–H groups in total. The minimum absolute atomic E-state index is 0.175. The summed E-state index contributed by atoms with van der Waals surface area (Å²) in [6, 6.07) is 10.2. The number of piperidine rings is 1. The second-order valence-electron chi connectivity index (χ2n) is 5.84. The third-order valence-electron chi connectivity index (χ3n) is 4.33. The fourth-order valence-corrected chi connectivity index (χ4v) is 3.11. The van der Waals surface area contributed by atoms with Gasteiger partial charge in [-0.2, -0.15) is 5.10 Å². The number of aliphatic hydroxyl groups excluding tert-OH is 1. The average Bonchev–Trinajstić information content (AvgIpc) is 3.04. The van der Waals surface area contributed by atoms with Crippen LogP contribution in [0.2, 0.25) is 0 Å². The summed E-state index contributed by atoms with van der Waals surface area (Å²) >= 11 is 0. The van der Waals surface area contributed by atoms with E-state index < -0.39 is 6.10 Å². The number of aliphatic hydroxyl groups is 1. The first-order valence-electron chi connectivity index (χ1n) is 7.72. The first-order valence-corrected chi connectivity index (χ1v) is 7.72. The molecule has 0 aliphatic carbocycles. The van der Waals surface area contributed by atoms with Crippen molar-refractivity contribution in [1.82, 2.24) is 15.1 Å². The van der Waals surface area contributed by atoms with Crippen molar-refractivity contribution in [1.29, 1.82) is 0 Å². The third-order valence-corrected chi connectivity index (χ3v) is 4.33. The van der Waals surface area contributed by atoms with Gasteiger partial charge in [-0.05, 0) is 25.3 Å². The number of nitrogens with zero attached hydrogens (tertiary/aromatic N) is 2. The molecule has 1 saturated heterocycles. The zero-order valence-electron chi connectivity index (χ0n) is 12.7. The molecule has 0 bridgehead atoms. The molecule has 5 nitrogen and oxygen atoms in total. The van der Waals surface area contributed by atoms with Gasteiger partial charge in [0, 0.05) is 30.3 Å². The van der Waals surface area contributed by atoms with E-state index in [1.165, 1.54) is 6.92 Å². The Balaban J connectivity index is 1.73. The van der Waals surface area contributed by atoms with E-state index in [1.54, 1.807) is 4.90 Å². The highest BCUT2D eigenvalue weighted by atomic mass is 16.3. The quantitative estimate of drug-likeness (QED) is 0.912. The number of aromatic amines is 1. The Morgan fingerprint density at radius 3 is 2.64 bits per heavy atom. The van der Waals surface area contributed by atoms with Crippen LogP contribution in [0.1, 0.15) is 31.4 Å². The Morgan fingerprint density at radius 2 is 2.00 bits per heavy atom. The van der Waals surface area contributed by atoms with Gasteiger partial charge in [0.15, 0.2) is 0 Å². The van der Waals surface area contributed by atoms with Gasteiger partial charge in [0.1, 0.15) is 6.10 Å². The fraction of sp³-hybridized carbons (Fsp3) is 0.412. The number of likely N-dealkylation sites (tertiary alicyclic amines) is 1. The molecule has 1 amide bonds. The lowest BCUT2D eigenvalue weighted by Gasteiger charge is -2.32. The lowest BCUT2D eigenvalue weighted by molar-refractivity contribution is -0.140. The van der Waals surface area contributed by atoms with Gasteiger partial charge < -0.3 is 10.0 Å². The van der Waals surface area contributed by atoms with Gasteiger partial charge in [-0.3, -0.25) is 9.89 Å². The summed E-state index contributed by atoms with van der Waals surface area (Å²) in [7, 11) is 0. The van der Waals surface area contributed by atoms with Crippen LogP contribution in [0.3, 0.4) is 0 Å². The van der Waals surface area contributed by atoms with Crippen LogP contribution in [0.25, 0.3) is 11.1 Å². The van der Waals surface area contributed by atoms with E-state index in [0.717, 1.165) is 29.7 Å². The standard InChI is InChI=1S/C17H21N3O2/c1-12(21)17(22)20-9-7-14(8-10-20)16-15(11-18-19-16)13-5-3-2-4-6-13/h2-6,11-12,14,21H,7-10H2,1H3,(H,18,19)/t12-/m0/s1. The summed E-state index contributed by atoms with van der Waals surface area (Å²) in [6.45, 7) is 2.89. The van der Waals surface area contributed by atoms with E-state index in [4.69, 9.17) is 0 Å². The number of rotatable bonds is 3. The number of carbonyl (C=O) groups excluding carboxylic acids is 1. The van der Waals surface area contributed by atoms with Crippen LogP contribution in [0, 0.1) is 0 Å². The molecule has 1 aliphatic heterocycles. The normalized spacial score (nSPS) is 17.5. The van der Waals surface area contributed by atoms with Crippen molar-refractivity contribution >= 4 is 5.91 Å². The minimum atomic E-state index is -0.913. The monoisotopic (exact) mass is 299 g/mol. The number of nitrogens with one attached hydrogen (secondary N) is 1. The predicted octanol–water partition coefficient (Wildman–Crippen LogP) is 2.16. The van der Waals surface area contributed by atoms with Gasteiger partial charge in [-0.1, -0.05) is 30.3 Å². The average molecular weight is 299 g/mol. The Morgan fingerprint density at radius 1 is 1.32 bits per heavy atom. The van der Waals surface area contributed by atoms with Gasteiger partial charge in [0.05, 0.1) is 6.20 Å². The summed E-state index contributed by atoms with van der Waals surface area (Å²) in [5.74, 6) is 0.196. The van der Waals surface area contributed by atoms with Crippen molar-refractivity contribution in [2.75, 3.05) is 13.1 Å². The highest BCUT2D eigenvalue weighted by Crippen LogP contribution is 2.33. The van der Waals surface area contributed by atoms with Crippen LogP contribution in [0.15, 0.2) is 36.5 Å². The van der Waals surface area contributed by atoms with E-state index in [2.05, 4.69) is 22.3 Å². The molecule has 1 atom stereocenters. The molecule has 1 fully saturated rings. The first-order chi connectivity index (χ1) is 10.7. The van der Waals surface area contributed by atoms with Crippen LogP contribution < -0.4 is 0 Å². The van der Waals surface area contributed by atoms with E-state index in [9.17, 15) is 9.90 Å². The Labute approximate surface area is 130 Å². The van der Waals surface area contributed by atoms with Crippen LogP contribution in [-0.2, 0) is 4.79 Å². The van der Waals surface area contributed by atoms with Crippen LogP contribution in [0.5, 0.6) is 0 Å². The smallest absolute Gasteiger partial charge is 0.251 e. The van der Waals surface area contributed by atoms with Crippen molar-refractivity contribution < 1.29 is 9.90 Å². The molecule has 5 heteroatoms. The zero-order chi connectivity index (χ0) is 15.5. The van der Waals surface area contributed by atoms with Gasteiger partial charge in [0.2, 0.25) is 0 Å². The maximum Gasteiger partial charge on any atom is 0.251 e. The summed E-state index contributed by atoms with van der Waals surface area (Å²) < 4.78 is 0. The van der Waals surface area contributed by atoms with E-state index >= 15 is 0 Å². The topological polar surface area (TPSA) is 69.2 Å². The van der Waals surface area contributed by atoms with Crippen molar-refractivity contribution in [2.24, 2.45) is 0 Å². The van der Waals surface area contributed by atoms with Crippen LogP contribution in [-0.4, -0.2) is 45.3 Å². The minimum Gasteiger partial charge on any atom is -0.384 e. The van der Waals surface area contributed by atoms with E-state index in [1.807, 2.05) is 24.4 Å². The Kier molecular flexibility index (Phi) is 4.24. The molecule has 1 aliphatic rings. The largest absolute Gasteiger partial charge is 0.384 e.